The third-order valence-electron chi connectivity index (χ3n) is 7.40. The average molecular weight is 703 g/mol. The minimum absolute atomic E-state index is 0.0521. The second-order valence-corrected chi connectivity index (χ2v) is 11.7. The molecular formula is C32H46N8O10. The standard InChI is InChI=1S/C32H46N8O10/c1-19(2)28(31(48)38-22(5-4-14-35-32(33)49)29(46)36-21-8-6-20(18-41)7-9-21)39-30(47)23(12-15-34-24(42)13-16-50-3)37-25(43)17-40-26(44)10-11-27(40)45/h6-11,19,22-23,28,41H,4-5,12-18H2,1-3H3,(H,34,42)(H,36,46)(H,37,43)(H,38,48)(H,39,47)(H3,33,35,49)/t22-,23-,28-/m0/s1. The summed E-state index contributed by atoms with van der Waals surface area (Å²) in [5.74, 6) is -5.20. The van der Waals surface area contributed by atoms with Crippen LogP contribution in [0.1, 0.15) is 45.1 Å². The van der Waals surface area contributed by atoms with Gasteiger partial charge >= 0.3 is 6.03 Å². The Balaban J connectivity index is 2.19. The molecule has 50 heavy (non-hydrogen) atoms. The summed E-state index contributed by atoms with van der Waals surface area (Å²) >= 11 is 0. The number of imide groups is 1. The quantitative estimate of drug-likeness (QED) is 0.0523. The van der Waals surface area contributed by atoms with Crippen LogP contribution in [0.3, 0.4) is 0 Å². The Hall–Kier alpha value is -5.36. The molecule has 1 heterocycles. The first-order valence-corrected chi connectivity index (χ1v) is 16.0. The summed E-state index contributed by atoms with van der Waals surface area (Å²) in [6.45, 7) is 2.70. The lowest BCUT2D eigenvalue weighted by Gasteiger charge is -2.27. The number of amides is 9. The number of carbonyl (C=O) groups is 8. The molecule has 18 nitrogen and oxygen atoms in total. The number of primary amides is 1. The molecule has 0 aromatic heterocycles. The maximum absolute atomic E-state index is 13.6. The number of urea groups is 1. The normalized spacial score (nSPS) is 14.1. The first-order chi connectivity index (χ1) is 23.7. The smallest absolute Gasteiger partial charge is 0.312 e. The summed E-state index contributed by atoms with van der Waals surface area (Å²) in [7, 11) is 1.43. The van der Waals surface area contributed by atoms with Gasteiger partial charge in [-0.25, -0.2) is 4.79 Å². The number of ether oxygens (including phenoxy) is 1. The Labute approximate surface area is 289 Å². The van der Waals surface area contributed by atoms with E-state index in [9.17, 15) is 43.5 Å². The predicted octanol–water partition coefficient (Wildman–Crippen LogP) is -1.86. The number of hydrogen-bond acceptors (Lipinski definition) is 10. The number of aliphatic hydroxyl groups is 1. The second kappa shape index (κ2) is 20.9. The molecule has 18 heteroatoms. The van der Waals surface area contributed by atoms with Crippen LogP contribution in [0.4, 0.5) is 10.5 Å². The Morgan fingerprint density at radius 2 is 1.46 bits per heavy atom. The zero-order chi connectivity index (χ0) is 37.2. The second-order valence-electron chi connectivity index (χ2n) is 11.7. The number of carbonyl (C=O) groups excluding carboxylic acids is 8. The molecule has 1 aromatic carbocycles. The lowest BCUT2D eigenvalue weighted by Crippen LogP contribution is -2.58. The first kappa shape index (κ1) is 40.8. The van der Waals surface area contributed by atoms with E-state index >= 15 is 0 Å². The van der Waals surface area contributed by atoms with Gasteiger partial charge in [0.1, 0.15) is 24.7 Å². The van der Waals surface area contributed by atoms with Crippen LogP contribution in [0, 0.1) is 5.92 Å². The molecule has 0 spiro atoms. The highest BCUT2D eigenvalue weighted by Crippen LogP contribution is 2.12. The Kier molecular flexibility index (Phi) is 17.0. The van der Waals surface area contributed by atoms with E-state index < -0.39 is 72.1 Å². The zero-order valence-electron chi connectivity index (χ0n) is 28.3. The number of rotatable bonds is 21. The van der Waals surface area contributed by atoms with Crippen molar-refractivity contribution in [2.24, 2.45) is 11.7 Å². The summed E-state index contributed by atoms with van der Waals surface area (Å²) < 4.78 is 4.88. The third-order valence-corrected chi connectivity index (χ3v) is 7.40. The monoisotopic (exact) mass is 702 g/mol. The Bertz CT molecular complexity index is 1400. The van der Waals surface area contributed by atoms with Gasteiger partial charge in [-0.15, -0.1) is 0 Å². The van der Waals surface area contributed by atoms with Crippen molar-refractivity contribution in [1.82, 2.24) is 31.5 Å². The molecule has 3 atom stereocenters. The van der Waals surface area contributed by atoms with E-state index in [1.54, 1.807) is 38.1 Å². The van der Waals surface area contributed by atoms with E-state index in [2.05, 4.69) is 31.9 Å². The van der Waals surface area contributed by atoms with Crippen LogP contribution in [0.5, 0.6) is 0 Å². The lowest BCUT2D eigenvalue weighted by molar-refractivity contribution is -0.141. The number of benzene rings is 1. The van der Waals surface area contributed by atoms with E-state index in [1.807, 2.05) is 0 Å². The fraction of sp³-hybridized carbons (Fsp3) is 0.500. The van der Waals surface area contributed by atoms with Gasteiger partial charge in [0, 0.05) is 44.5 Å². The Morgan fingerprint density at radius 1 is 0.820 bits per heavy atom. The fourth-order valence-electron chi connectivity index (χ4n) is 4.64. The van der Waals surface area contributed by atoms with Crippen LogP contribution in [-0.4, -0.2) is 109 Å². The van der Waals surface area contributed by atoms with Crippen LogP contribution < -0.4 is 37.6 Å². The summed E-state index contributed by atoms with van der Waals surface area (Å²) in [6, 6.07) is 2.00. The van der Waals surface area contributed by atoms with Crippen molar-refractivity contribution >= 4 is 53.1 Å². The number of anilines is 1. The number of nitrogens with two attached hydrogens (primary N) is 1. The molecule has 2 rings (SSSR count). The molecule has 1 aliphatic heterocycles. The number of aliphatic hydroxyl groups excluding tert-OH is 1. The maximum atomic E-state index is 13.6. The van der Waals surface area contributed by atoms with Crippen molar-refractivity contribution < 1.29 is 48.2 Å². The molecule has 0 radical (unpaired) electrons. The highest BCUT2D eigenvalue weighted by atomic mass is 16.5. The van der Waals surface area contributed by atoms with E-state index in [0.29, 0.717) is 16.2 Å². The number of hydrogen-bond donors (Lipinski definition) is 8. The van der Waals surface area contributed by atoms with Crippen LogP contribution in [0.15, 0.2) is 36.4 Å². The molecule has 0 bridgehead atoms. The van der Waals surface area contributed by atoms with Crippen LogP contribution in [0.25, 0.3) is 0 Å². The molecular weight excluding hydrogens is 656 g/mol. The summed E-state index contributed by atoms with van der Waals surface area (Å²) in [5, 5.41) is 24.7. The predicted molar refractivity (Wildman–Crippen MR) is 178 cm³/mol. The molecule has 0 aliphatic carbocycles. The van der Waals surface area contributed by atoms with Crippen molar-refractivity contribution in [3.63, 3.8) is 0 Å². The molecule has 1 aromatic rings. The molecule has 9 amide bonds. The minimum atomic E-state index is -1.30. The number of nitrogens with one attached hydrogen (secondary N) is 6. The van der Waals surface area contributed by atoms with Gasteiger partial charge in [0.2, 0.25) is 29.5 Å². The molecule has 1 aliphatic rings. The first-order valence-electron chi connectivity index (χ1n) is 16.0. The SMILES string of the molecule is COCCC(=O)NCC[C@H](NC(=O)CN1C(=O)C=CC1=O)C(=O)N[C@H](C(=O)N[C@@H](CCCNC(N)=O)C(=O)Nc1ccc(CO)cc1)C(C)C. The molecule has 9 N–H and O–H groups in total. The van der Waals surface area contributed by atoms with Crippen molar-refractivity contribution in [3.05, 3.63) is 42.0 Å². The van der Waals surface area contributed by atoms with Crippen LogP contribution in [0.2, 0.25) is 0 Å². The molecule has 274 valence electrons. The topological polar surface area (TPSA) is 267 Å². The fourth-order valence-corrected chi connectivity index (χ4v) is 4.64. The van der Waals surface area contributed by atoms with E-state index in [1.165, 1.54) is 7.11 Å². The molecule has 0 unspecified atom stereocenters. The van der Waals surface area contributed by atoms with Gasteiger partial charge in [-0.1, -0.05) is 26.0 Å². The van der Waals surface area contributed by atoms with Crippen LogP contribution >= 0.6 is 0 Å². The third kappa shape index (κ3) is 14.0. The van der Waals surface area contributed by atoms with Gasteiger partial charge in [-0.3, -0.25) is 38.5 Å². The maximum Gasteiger partial charge on any atom is 0.312 e. The highest BCUT2D eigenvalue weighted by Gasteiger charge is 2.32. The van der Waals surface area contributed by atoms with Crippen LogP contribution in [-0.2, 0) is 44.9 Å². The van der Waals surface area contributed by atoms with Crippen molar-refractivity contribution in [2.45, 2.75) is 64.3 Å². The number of methoxy groups -OCH3 is 1. The van der Waals surface area contributed by atoms with Crippen molar-refractivity contribution in [2.75, 3.05) is 38.7 Å². The van der Waals surface area contributed by atoms with Crippen molar-refractivity contribution in [3.8, 4) is 0 Å². The summed E-state index contributed by atoms with van der Waals surface area (Å²) in [5.41, 5.74) is 6.15. The van der Waals surface area contributed by atoms with Gasteiger partial charge in [0.25, 0.3) is 11.8 Å². The van der Waals surface area contributed by atoms with E-state index in [4.69, 9.17) is 10.5 Å². The summed E-state index contributed by atoms with van der Waals surface area (Å²) in [6.07, 6.45) is 2.30. The molecule has 0 saturated carbocycles. The van der Waals surface area contributed by atoms with Gasteiger partial charge in [0.05, 0.1) is 13.2 Å². The van der Waals surface area contributed by atoms with E-state index in [0.717, 1.165) is 12.2 Å². The lowest BCUT2D eigenvalue weighted by atomic mass is 10.0. The van der Waals surface area contributed by atoms with Gasteiger partial charge < -0.3 is 47.5 Å². The number of nitrogens with zero attached hydrogens (tertiary/aromatic N) is 1. The largest absolute Gasteiger partial charge is 0.392 e. The molecule has 0 saturated heterocycles. The highest BCUT2D eigenvalue weighted by molar-refractivity contribution is 6.14. The van der Waals surface area contributed by atoms with Gasteiger partial charge in [0.15, 0.2) is 0 Å². The van der Waals surface area contributed by atoms with Gasteiger partial charge in [-0.2, -0.15) is 0 Å². The molecule has 0 fully saturated rings. The Morgan fingerprint density at radius 3 is 2.04 bits per heavy atom. The van der Waals surface area contributed by atoms with E-state index in [-0.39, 0.29) is 57.9 Å². The van der Waals surface area contributed by atoms with Gasteiger partial charge in [-0.05, 0) is 42.9 Å². The summed E-state index contributed by atoms with van der Waals surface area (Å²) in [4.78, 5) is 101. The average Bonchev–Trinajstić information content (AvgIpc) is 3.38. The minimum Gasteiger partial charge on any atom is -0.392 e. The van der Waals surface area contributed by atoms with Crippen molar-refractivity contribution in [1.29, 1.82) is 0 Å². The zero-order valence-corrected chi connectivity index (χ0v) is 28.3.